The zero-order valence-corrected chi connectivity index (χ0v) is 23.8. The van der Waals surface area contributed by atoms with E-state index in [-0.39, 0.29) is 36.5 Å². The Hall–Kier alpha value is -3.73. The number of likely N-dealkylation sites (N-methyl/N-ethyl adjacent to an activating group) is 1. The number of benzene rings is 2. The van der Waals surface area contributed by atoms with Crippen molar-refractivity contribution in [2.24, 2.45) is 5.92 Å². The summed E-state index contributed by atoms with van der Waals surface area (Å²) >= 11 is 0. The van der Waals surface area contributed by atoms with Gasteiger partial charge in [-0.25, -0.2) is 0 Å². The van der Waals surface area contributed by atoms with Crippen LogP contribution in [0.15, 0.2) is 59.1 Å². The maximum absolute atomic E-state index is 13.4. The molecule has 1 aliphatic rings. The van der Waals surface area contributed by atoms with Gasteiger partial charge in [-0.2, -0.15) is 0 Å². The minimum Gasteiger partial charge on any atom is -0.491 e. The Morgan fingerprint density at radius 1 is 1.10 bits per heavy atom. The molecule has 0 saturated heterocycles. The average molecular weight is 551 g/mol. The summed E-state index contributed by atoms with van der Waals surface area (Å²) < 4.78 is 22.7. The normalized spacial score (nSPS) is 20.7. The van der Waals surface area contributed by atoms with E-state index >= 15 is 0 Å². The van der Waals surface area contributed by atoms with E-state index in [4.69, 9.17) is 18.7 Å². The molecule has 2 amide bonds. The molecule has 3 aromatic rings. The van der Waals surface area contributed by atoms with Crippen LogP contribution in [0.5, 0.6) is 5.75 Å². The summed E-state index contributed by atoms with van der Waals surface area (Å²) in [6.45, 7) is 6.10. The van der Waals surface area contributed by atoms with Gasteiger partial charge in [0.1, 0.15) is 19.0 Å². The summed E-state index contributed by atoms with van der Waals surface area (Å²) in [6.07, 6.45) is -0.183. The van der Waals surface area contributed by atoms with Crippen LogP contribution in [0.3, 0.4) is 0 Å². The fraction of sp³-hybridized carbons (Fsp3) is 0.433. The van der Waals surface area contributed by atoms with Crippen LogP contribution in [0.2, 0.25) is 0 Å². The molecule has 214 valence electrons. The molecule has 1 N–H and O–H groups in total. The summed E-state index contributed by atoms with van der Waals surface area (Å²) in [5, 5.41) is 7.11. The fourth-order valence-electron chi connectivity index (χ4n) is 4.81. The van der Waals surface area contributed by atoms with Crippen LogP contribution < -0.4 is 10.1 Å². The van der Waals surface area contributed by atoms with Gasteiger partial charge in [-0.05, 0) is 25.0 Å². The van der Waals surface area contributed by atoms with Crippen LogP contribution >= 0.6 is 0 Å². The summed E-state index contributed by atoms with van der Waals surface area (Å²) in [5.74, 6) is 0.752. The number of fused-ring (bicyclic) bond motifs is 1. The molecule has 0 radical (unpaired) electrons. The number of carbonyl (C=O) groups excluding carboxylic acids is 2. The number of aromatic nitrogens is 1. The Kier molecular flexibility index (Phi) is 9.92. The maximum Gasteiger partial charge on any atom is 0.257 e. The molecular formula is C30H38N4O6. The number of amides is 2. The van der Waals surface area contributed by atoms with Gasteiger partial charge in [0.2, 0.25) is 5.91 Å². The van der Waals surface area contributed by atoms with Gasteiger partial charge >= 0.3 is 0 Å². The first kappa shape index (κ1) is 29.3. The molecule has 10 heteroatoms. The molecule has 0 fully saturated rings. The smallest absolute Gasteiger partial charge is 0.257 e. The second kappa shape index (κ2) is 13.6. The van der Waals surface area contributed by atoms with Crippen molar-refractivity contribution >= 4 is 17.5 Å². The van der Waals surface area contributed by atoms with Gasteiger partial charge in [0.15, 0.2) is 5.76 Å². The Labute approximate surface area is 235 Å². The first-order valence-corrected chi connectivity index (χ1v) is 13.4. The lowest BCUT2D eigenvalue weighted by Gasteiger charge is -2.35. The second-order valence-corrected chi connectivity index (χ2v) is 10.3. The highest BCUT2D eigenvalue weighted by atomic mass is 16.5. The summed E-state index contributed by atoms with van der Waals surface area (Å²) in [4.78, 5) is 29.4. The van der Waals surface area contributed by atoms with E-state index in [1.54, 1.807) is 37.3 Å². The molecule has 1 aliphatic heterocycles. The van der Waals surface area contributed by atoms with Crippen LogP contribution in [-0.4, -0.2) is 86.5 Å². The van der Waals surface area contributed by atoms with Crippen LogP contribution in [0.25, 0.3) is 11.3 Å². The Bertz CT molecular complexity index is 1280. The number of carbonyl (C=O) groups is 2. The summed E-state index contributed by atoms with van der Waals surface area (Å²) in [7, 11) is 4.89. The molecule has 40 heavy (non-hydrogen) atoms. The molecule has 2 aromatic carbocycles. The van der Waals surface area contributed by atoms with Gasteiger partial charge < -0.3 is 29.0 Å². The first-order valence-electron chi connectivity index (χ1n) is 13.4. The Morgan fingerprint density at radius 3 is 2.60 bits per heavy atom. The van der Waals surface area contributed by atoms with Crippen molar-refractivity contribution in [2.75, 3.05) is 52.9 Å². The fourth-order valence-corrected chi connectivity index (χ4v) is 4.81. The summed E-state index contributed by atoms with van der Waals surface area (Å²) in [5.41, 5.74) is 2.72. The number of hydrogen-bond donors (Lipinski definition) is 1. The third-order valence-electron chi connectivity index (χ3n) is 7.12. The van der Waals surface area contributed by atoms with E-state index in [0.29, 0.717) is 49.0 Å². The number of nitrogens with one attached hydrogen (secondary N) is 1. The lowest BCUT2D eigenvalue weighted by atomic mass is 10.0. The topological polar surface area (TPSA) is 106 Å². The van der Waals surface area contributed by atoms with Crippen molar-refractivity contribution in [1.29, 1.82) is 0 Å². The highest BCUT2D eigenvalue weighted by Crippen LogP contribution is 2.28. The number of nitrogens with zero attached hydrogens (tertiary/aromatic N) is 3. The highest BCUT2D eigenvalue weighted by Gasteiger charge is 2.29. The van der Waals surface area contributed by atoms with E-state index in [9.17, 15) is 9.59 Å². The largest absolute Gasteiger partial charge is 0.491 e. The quantitative estimate of drug-likeness (QED) is 0.472. The Balaban J connectivity index is 1.61. The minimum atomic E-state index is -0.294. The molecule has 10 nitrogen and oxygen atoms in total. The van der Waals surface area contributed by atoms with Gasteiger partial charge in [-0.15, -0.1) is 0 Å². The second-order valence-electron chi connectivity index (χ2n) is 10.3. The zero-order chi connectivity index (χ0) is 28.6. The van der Waals surface area contributed by atoms with E-state index in [1.807, 2.05) is 36.4 Å². The molecule has 2 heterocycles. The number of rotatable bonds is 7. The van der Waals surface area contributed by atoms with E-state index in [2.05, 4.69) is 29.2 Å². The standard InChI is InChI=1S/C30H38N4O6/c1-20-15-34(16-24-14-26(40-32-24)22-9-7-6-8-10-22)21(2)18-39-27-13-23(31-29(35)19-37-4)11-12-25(27)30(36)33(3)17-28(20)38-5/h6-14,20-21,28H,15-19H2,1-5H3,(H,31,35)/t20-,21-,28-/m1/s1. The molecular weight excluding hydrogens is 512 g/mol. The predicted molar refractivity (Wildman–Crippen MR) is 151 cm³/mol. The minimum absolute atomic E-state index is 0.0383. The van der Waals surface area contributed by atoms with Crippen LogP contribution in [-0.2, 0) is 20.8 Å². The van der Waals surface area contributed by atoms with Gasteiger partial charge in [-0.3, -0.25) is 14.5 Å². The molecule has 0 unspecified atom stereocenters. The zero-order valence-electron chi connectivity index (χ0n) is 23.8. The maximum atomic E-state index is 13.4. The van der Waals surface area contributed by atoms with Gasteiger partial charge in [0.05, 0.1) is 17.4 Å². The van der Waals surface area contributed by atoms with Gasteiger partial charge in [-0.1, -0.05) is 42.4 Å². The van der Waals surface area contributed by atoms with Crippen LogP contribution in [0.4, 0.5) is 5.69 Å². The molecule has 0 spiro atoms. The first-order chi connectivity index (χ1) is 19.3. The highest BCUT2D eigenvalue weighted by molar-refractivity contribution is 5.98. The van der Waals surface area contributed by atoms with Crippen molar-refractivity contribution in [3.8, 4) is 17.1 Å². The lowest BCUT2D eigenvalue weighted by molar-refractivity contribution is -0.119. The molecule has 0 saturated carbocycles. The van der Waals surface area contributed by atoms with Crippen molar-refractivity contribution in [1.82, 2.24) is 15.0 Å². The number of ether oxygens (including phenoxy) is 3. The van der Waals surface area contributed by atoms with Crippen molar-refractivity contribution in [3.05, 3.63) is 65.9 Å². The predicted octanol–water partition coefficient (Wildman–Crippen LogP) is 3.93. The lowest BCUT2D eigenvalue weighted by Crippen LogP contribution is -2.46. The van der Waals surface area contributed by atoms with Crippen LogP contribution in [0.1, 0.15) is 29.9 Å². The van der Waals surface area contributed by atoms with Crippen molar-refractivity contribution < 1.29 is 28.3 Å². The van der Waals surface area contributed by atoms with Crippen LogP contribution in [0, 0.1) is 5.92 Å². The molecule has 0 aliphatic carbocycles. The van der Waals surface area contributed by atoms with E-state index in [1.165, 1.54) is 7.11 Å². The molecule has 4 rings (SSSR count). The molecule has 0 bridgehead atoms. The Morgan fingerprint density at radius 2 is 1.88 bits per heavy atom. The third kappa shape index (κ3) is 7.26. The van der Waals surface area contributed by atoms with Crippen molar-refractivity contribution in [2.45, 2.75) is 32.5 Å². The van der Waals surface area contributed by atoms with E-state index < -0.39 is 0 Å². The van der Waals surface area contributed by atoms with E-state index in [0.717, 1.165) is 11.3 Å². The van der Waals surface area contributed by atoms with Gasteiger partial charge in [0.25, 0.3) is 5.91 Å². The number of methoxy groups -OCH3 is 2. The molecule has 3 atom stereocenters. The van der Waals surface area contributed by atoms with Gasteiger partial charge in [0, 0.05) is 70.3 Å². The number of anilines is 1. The molecule has 1 aromatic heterocycles. The summed E-state index contributed by atoms with van der Waals surface area (Å²) in [6, 6.07) is 16.8. The number of hydrogen-bond acceptors (Lipinski definition) is 8. The monoisotopic (exact) mass is 550 g/mol. The average Bonchev–Trinajstić information content (AvgIpc) is 3.42. The SMILES string of the molecule is COCC(=O)Nc1ccc2c(c1)OC[C@@H](C)N(Cc1cc(-c3ccccc3)on1)C[C@@H](C)[C@H](OC)CN(C)C2=O. The van der Waals surface area contributed by atoms with Crippen molar-refractivity contribution in [3.63, 3.8) is 0 Å². The third-order valence-corrected chi connectivity index (χ3v) is 7.12.